The Labute approximate surface area is 137 Å². The van der Waals surface area contributed by atoms with Crippen LogP contribution in [0.1, 0.15) is 43.5 Å². The second-order valence-electron chi connectivity index (χ2n) is 5.99. The molecular weight excluding hydrogens is 348 g/mol. The Morgan fingerprint density at radius 1 is 1.36 bits per heavy atom. The molecular formula is C17H17BrO4. The molecule has 3 rings (SSSR count). The summed E-state index contributed by atoms with van der Waals surface area (Å²) in [5.74, 6) is -1.72. The number of esters is 2. The van der Waals surface area contributed by atoms with E-state index in [0.29, 0.717) is 23.5 Å². The summed E-state index contributed by atoms with van der Waals surface area (Å²) in [6, 6.07) is 6.92. The van der Waals surface area contributed by atoms with Gasteiger partial charge in [0.05, 0.1) is 5.56 Å². The van der Waals surface area contributed by atoms with Crippen molar-refractivity contribution in [3.05, 3.63) is 45.4 Å². The predicted octanol–water partition coefficient (Wildman–Crippen LogP) is 4.00. The van der Waals surface area contributed by atoms with Gasteiger partial charge in [-0.15, -0.1) is 0 Å². The van der Waals surface area contributed by atoms with Crippen molar-refractivity contribution in [2.45, 2.75) is 38.9 Å². The maximum absolute atomic E-state index is 12.4. The molecule has 0 spiro atoms. The second-order valence-corrected chi connectivity index (χ2v) is 6.91. The van der Waals surface area contributed by atoms with Gasteiger partial charge in [-0.25, -0.2) is 9.59 Å². The fourth-order valence-electron chi connectivity index (χ4n) is 3.11. The van der Waals surface area contributed by atoms with Gasteiger partial charge in [0.15, 0.2) is 0 Å². The van der Waals surface area contributed by atoms with Crippen LogP contribution >= 0.6 is 15.9 Å². The van der Waals surface area contributed by atoms with Crippen LogP contribution in [0.2, 0.25) is 0 Å². The van der Waals surface area contributed by atoms with E-state index in [1.807, 2.05) is 0 Å². The number of benzene rings is 1. The van der Waals surface area contributed by atoms with Crippen molar-refractivity contribution >= 4 is 27.9 Å². The molecule has 0 radical (unpaired) electrons. The summed E-state index contributed by atoms with van der Waals surface area (Å²) in [5, 5.41) is 0. The Hall–Kier alpha value is -1.62. The predicted molar refractivity (Wildman–Crippen MR) is 84.1 cm³/mol. The molecule has 1 saturated carbocycles. The molecule has 116 valence electrons. The van der Waals surface area contributed by atoms with E-state index in [-0.39, 0.29) is 5.97 Å². The van der Waals surface area contributed by atoms with E-state index < -0.39 is 11.8 Å². The van der Waals surface area contributed by atoms with Gasteiger partial charge >= 0.3 is 11.9 Å². The summed E-state index contributed by atoms with van der Waals surface area (Å²) >= 11 is 3.33. The van der Waals surface area contributed by atoms with E-state index in [9.17, 15) is 9.59 Å². The van der Waals surface area contributed by atoms with E-state index in [4.69, 9.17) is 9.47 Å². The van der Waals surface area contributed by atoms with Gasteiger partial charge in [0.1, 0.15) is 0 Å². The minimum atomic E-state index is -1.21. The molecule has 2 aliphatic rings. The van der Waals surface area contributed by atoms with Crippen molar-refractivity contribution in [3.8, 4) is 0 Å². The van der Waals surface area contributed by atoms with Crippen LogP contribution in [0.25, 0.3) is 0 Å². The highest BCUT2D eigenvalue weighted by Gasteiger charge is 2.52. The molecule has 1 aliphatic heterocycles. The number of fused-ring (bicyclic) bond motifs is 1. The molecule has 0 saturated heterocycles. The van der Waals surface area contributed by atoms with Crippen LogP contribution in [0, 0.1) is 5.92 Å². The number of halogens is 1. The normalized spacial score (nSPS) is 27.4. The van der Waals surface area contributed by atoms with Crippen molar-refractivity contribution in [3.63, 3.8) is 0 Å². The molecule has 1 aliphatic carbocycles. The fraction of sp³-hybridized carbons (Fsp3) is 0.412. The number of ether oxygens (including phenoxy) is 2. The zero-order valence-electron chi connectivity index (χ0n) is 12.5. The van der Waals surface area contributed by atoms with Gasteiger partial charge in [0.2, 0.25) is 0 Å². The van der Waals surface area contributed by atoms with Gasteiger partial charge in [0, 0.05) is 22.0 Å². The minimum absolute atomic E-state index is 0.333. The quantitative estimate of drug-likeness (QED) is 0.744. The van der Waals surface area contributed by atoms with Crippen LogP contribution in [-0.4, -0.2) is 17.7 Å². The molecule has 1 heterocycles. The zero-order valence-corrected chi connectivity index (χ0v) is 14.1. The summed E-state index contributed by atoms with van der Waals surface area (Å²) < 4.78 is 12.1. The molecule has 0 amide bonds. The van der Waals surface area contributed by atoms with Crippen LogP contribution in [0.5, 0.6) is 0 Å². The van der Waals surface area contributed by atoms with E-state index in [1.165, 1.54) is 0 Å². The standard InChI is InChI=1S/C17H17BrO4/c1-10-3-8-14-11(2)15(19)21-17(14,9-10)22-16(20)12-4-6-13(18)7-5-12/h4-7,10H,3,8-9H2,1-2H3/t10-,17+/m1/s1. The summed E-state index contributed by atoms with van der Waals surface area (Å²) in [6.07, 6.45) is 2.22. The van der Waals surface area contributed by atoms with Crippen LogP contribution in [0.4, 0.5) is 0 Å². The lowest BCUT2D eigenvalue weighted by atomic mass is 9.81. The molecule has 22 heavy (non-hydrogen) atoms. The lowest BCUT2D eigenvalue weighted by Gasteiger charge is -2.36. The van der Waals surface area contributed by atoms with Gasteiger partial charge < -0.3 is 9.47 Å². The van der Waals surface area contributed by atoms with E-state index in [1.54, 1.807) is 31.2 Å². The third-order valence-corrected chi connectivity index (χ3v) is 4.85. The molecule has 2 atom stereocenters. The van der Waals surface area contributed by atoms with Crippen LogP contribution < -0.4 is 0 Å². The number of rotatable bonds is 2. The number of carbonyl (C=O) groups is 2. The maximum Gasteiger partial charge on any atom is 0.341 e. The largest absolute Gasteiger partial charge is 0.415 e. The van der Waals surface area contributed by atoms with Gasteiger partial charge in [-0.05, 0) is 49.9 Å². The third-order valence-electron chi connectivity index (χ3n) is 4.32. The zero-order chi connectivity index (χ0) is 15.9. The lowest BCUT2D eigenvalue weighted by Crippen LogP contribution is -2.42. The SMILES string of the molecule is CC1=C2CC[C@@H](C)C[C@@]2(OC(=O)c2ccc(Br)cc2)OC1=O. The molecule has 1 aromatic carbocycles. The number of hydrogen-bond acceptors (Lipinski definition) is 4. The first-order chi connectivity index (χ1) is 10.4. The topological polar surface area (TPSA) is 52.6 Å². The lowest BCUT2D eigenvalue weighted by molar-refractivity contribution is -0.191. The molecule has 0 N–H and O–H groups in total. The summed E-state index contributed by atoms with van der Waals surface area (Å²) in [4.78, 5) is 24.4. The van der Waals surface area contributed by atoms with E-state index in [0.717, 1.165) is 22.9 Å². The van der Waals surface area contributed by atoms with E-state index >= 15 is 0 Å². The highest BCUT2D eigenvalue weighted by molar-refractivity contribution is 9.10. The van der Waals surface area contributed by atoms with Crippen molar-refractivity contribution in [1.29, 1.82) is 0 Å². The van der Waals surface area contributed by atoms with Crippen molar-refractivity contribution in [1.82, 2.24) is 0 Å². The summed E-state index contributed by atoms with van der Waals surface area (Å²) in [7, 11) is 0. The molecule has 5 heteroatoms. The Kier molecular flexibility index (Phi) is 3.85. The number of hydrogen-bond donors (Lipinski definition) is 0. The highest BCUT2D eigenvalue weighted by Crippen LogP contribution is 2.46. The van der Waals surface area contributed by atoms with E-state index in [2.05, 4.69) is 22.9 Å². The van der Waals surface area contributed by atoms with Crippen molar-refractivity contribution in [2.24, 2.45) is 5.92 Å². The molecule has 0 aromatic heterocycles. The van der Waals surface area contributed by atoms with Crippen LogP contribution in [-0.2, 0) is 14.3 Å². The highest BCUT2D eigenvalue weighted by atomic mass is 79.9. The Morgan fingerprint density at radius 3 is 2.73 bits per heavy atom. The summed E-state index contributed by atoms with van der Waals surface area (Å²) in [5.41, 5.74) is 1.84. The van der Waals surface area contributed by atoms with Crippen molar-refractivity contribution in [2.75, 3.05) is 0 Å². The molecule has 0 unspecified atom stereocenters. The first kappa shape index (κ1) is 15.3. The Balaban J connectivity index is 1.89. The average molecular weight is 365 g/mol. The van der Waals surface area contributed by atoms with Gasteiger partial charge in [0.25, 0.3) is 5.79 Å². The fourth-order valence-corrected chi connectivity index (χ4v) is 3.37. The first-order valence-electron chi connectivity index (χ1n) is 7.34. The monoisotopic (exact) mass is 364 g/mol. The van der Waals surface area contributed by atoms with Crippen LogP contribution in [0.3, 0.4) is 0 Å². The van der Waals surface area contributed by atoms with Gasteiger partial charge in [-0.2, -0.15) is 0 Å². The average Bonchev–Trinajstić information content (AvgIpc) is 2.70. The third kappa shape index (κ3) is 2.58. The summed E-state index contributed by atoms with van der Waals surface area (Å²) in [6.45, 7) is 3.82. The smallest absolute Gasteiger partial charge is 0.341 e. The molecule has 1 aromatic rings. The first-order valence-corrected chi connectivity index (χ1v) is 8.13. The maximum atomic E-state index is 12.4. The molecule has 4 nitrogen and oxygen atoms in total. The molecule has 1 fully saturated rings. The van der Waals surface area contributed by atoms with Gasteiger partial charge in [-0.3, -0.25) is 0 Å². The Bertz CT molecular complexity index is 662. The minimum Gasteiger partial charge on any atom is -0.415 e. The van der Waals surface area contributed by atoms with Crippen molar-refractivity contribution < 1.29 is 19.1 Å². The molecule has 0 bridgehead atoms. The van der Waals surface area contributed by atoms with Crippen LogP contribution in [0.15, 0.2) is 39.9 Å². The van der Waals surface area contributed by atoms with Gasteiger partial charge in [-0.1, -0.05) is 22.9 Å². The number of carbonyl (C=O) groups excluding carboxylic acids is 2. The second kappa shape index (κ2) is 5.54. The Morgan fingerprint density at radius 2 is 2.05 bits per heavy atom.